The number of likely N-dealkylation sites (tertiary alicyclic amines) is 1. The molecule has 0 saturated carbocycles. The third-order valence-corrected chi connectivity index (χ3v) is 6.65. The largest absolute Gasteiger partial charge is 0.449 e. The van der Waals surface area contributed by atoms with Gasteiger partial charge in [-0.1, -0.05) is 35.3 Å². The molecule has 1 saturated heterocycles. The summed E-state index contributed by atoms with van der Waals surface area (Å²) in [5.41, 5.74) is -0.123. The number of likely N-dealkylation sites (N-methyl/N-ethyl adjacent to an activating group) is 1. The number of nitriles is 1. The molecule has 0 radical (unpaired) electrons. The maximum Gasteiger partial charge on any atom is 0.419 e. The number of alkyl halides is 3. The van der Waals surface area contributed by atoms with Crippen molar-refractivity contribution in [1.82, 2.24) is 9.80 Å². The van der Waals surface area contributed by atoms with Crippen LogP contribution in [0, 0.1) is 17.1 Å². The first-order chi connectivity index (χ1) is 16.5. The standard InChI is InChI=1S/C24H23Cl2F4N3O2/c1-32(12-15-4-6-18(21(27)10-15)24(28,29)30)22-14-33(23(34)35-9-3-2-8-31)13-17(22)16-5-7-19(25)20(26)11-16/h4-7,10-11,17,22H,2-3,9,12-14H2,1H3/t17-,22-/m1/s1. The minimum absolute atomic E-state index is 0.117. The molecule has 0 aromatic heterocycles. The Hall–Kier alpha value is -2.54. The van der Waals surface area contributed by atoms with E-state index in [1.54, 1.807) is 25.2 Å². The highest BCUT2D eigenvalue weighted by Crippen LogP contribution is 2.36. The second kappa shape index (κ2) is 11.5. The number of carbonyl (C=O) groups is 1. The molecule has 1 amide bonds. The summed E-state index contributed by atoms with van der Waals surface area (Å²) in [6.45, 7) is 0.862. The second-order valence-electron chi connectivity index (χ2n) is 8.36. The molecule has 0 unspecified atom stereocenters. The van der Waals surface area contributed by atoms with Gasteiger partial charge < -0.3 is 9.64 Å². The Balaban J connectivity index is 1.80. The summed E-state index contributed by atoms with van der Waals surface area (Å²) >= 11 is 12.3. The number of nitrogens with zero attached hydrogens (tertiary/aromatic N) is 3. The molecule has 0 bridgehead atoms. The topological polar surface area (TPSA) is 56.6 Å². The van der Waals surface area contributed by atoms with E-state index in [0.29, 0.717) is 28.6 Å². The molecule has 5 nitrogen and oxygen atoms in total. The molecular weight excluding hydrogens is 509 g/mol. The molecule has 1 heterocycles. The van der Waals surface area contributed by atoms with Crippen LogP contribution in [0.2, 0.25) is 10.0 Å². The molecule has 0 aliphatic carbocycles. The minimum atomic E-state index is -4.77. The first-order valence-electron chi connectivity index (χ1n) is 10.8. The van der Waals surface area contributed by atoms with Crippen LogP contribution in [-0.4, -0.2) is 48.7 Å². The average Bonchev–Trinajstić information content (AvgIpc) is 3.23. The first-order valence-corrected chi connectivity index (χ1v) is 11.6. The zero-order chi connectivity index (χ0) is 25.8. The van der Waals surface area contributed by atoms with Gasteiger partial charge in [0.2, 0.25) is 0 Å². The van der Waals surface area contributed by atoms with Crippen LogP contribution in [0.25, 0.3) is 0 Å². The van der Waals surface area contributed by atoms with Gasteiger partial charge in [-0.2, -0.15) is 18.4 Å². The molecule has 2 aromatic rings. The van der Waals surface area contributed by atoms with Crippen molar-refractivity contribution < 1.29 is 27.1 Å². The van der Waals surface area contributed by atoms with E-state index in [-0.39, 0.29) is 38.1 Å². The van der Waals surface area contributed by atoms with Gasteiger partial charge in [-0.3, -0.25) is 4.90 Å². The maximum absolute atomic E-state index is 14.1. The number of unbranched alkanes of at least 4 members (excludes halogenated alkanes) is 1. The van der Waals surface area contributed by atoms with Crippen LogP contribution >= 0.6 is 23.2 Å². The van der Waals surface area contributed by atoms with E-state index in [9.17, 15) is 22.4 Å². The third-order valence-electron chi connectivity index (χ3n) is 5.91. The van der Waals surface area contributed by atoms with Gasteiger partial charge in [-0.05, 0) is 48.9 Å². The number of hydrogen-bond donors (Lipinski definition) is 0. The van der Waals surface area contributed by atoms with Gasteiger partial charge >= 0.3 is 12.3 Å². The number of benzene rings is 2. The molecule has 188 valence electrons. The minimum Gasteiger partial charge on any atom is -0.449 e. The summed E-state index contributed by atoms with van der Waals surface area (Å²) in [6, 6.07) is 9.76. The Morgan fingerprint density at radius 1 is 1.20 bits per heavy atom. The fraction of sp³-hybridized carbons (Fsp3) is 0.417. The quantitative estimate of drug-likeness (QED) is 0.302. The van der Waals surface area contributed by atoms with E-state index in [1.807, 2.05) is 11.0 Å². The fourth-order valence-electron chi connectivity index (χ4n) is 4.15. The summed E-state index contributed by atoms with van der Waals surface area (Å²) in [5, 5.41) is 9.37. The zero-order valence-corrected chi connectivity index (χ0v) is 20.3. The van der Waals surface area contributed by atoms with E-state index < -0.39 is 23.7 Å². The second-order valence-corrected chi connectivity index (χ2v) is 9.17. The van der Waals surface area contributed by atoms with Crippen LogP contribution in [0.1, 0.15) is 35.4 Å². The summed E-state index contributed by atoms with van der Waals surface area (Å²) < 4.78 is 58.1. The lowest BCUT2D eigenvalue weighted by Gasteiger charge is -2.29. The summed E-state index contributed by atoms with van der Waals surface area (Å²) in [4.78, 5) is 16.0. The van der Waals surface area contributed by atoms with E-state index in [2.05, 4.69) is 0 Å². The van der Waals surface area contributed by atoms with Crippen molar-refractivity contribution in [2.75, 3.05) is 26.7 Å². The van der Waals surface area contributed by atoms with Crippen LogP contribution in [0.15, 0.2) is 36.4 Å². The van der Waals surface area contributed by atoms with Gasteiger partial charge in [-0.25, -0.2) is 9.18 Å². The summed E-state index contributed by atoms with van der Waals surface area (Å²) in [6.07, 6.45) is -4.60. The van der Waals surface area contributed by atoms with Crippen molar-refractivity contribution in [2.45, 2.75) is 37.5 Å². The van der Waals surface area contributed by atoms with Crippen LogP contribution in [0.5, 0.6) is 0 Å². The van der Waals surface area contributed by atoms with Gasteiger partial charge in [-0.15, -0.1) is 0 Å². The van der Waals surface area contributed by atoms with E-state index >= 15 is 0 Å². The van der Waals surface area contributed by atoms with E-state index in [1.165, 1.54) is 11.0 Å². The fourth-order valence-corrected chi connectivity index (χ4v) is 4.45. The predicted octanol–water partition coefficient (Wildman–Crippen LogP) is 6.49. The highest BCUT2D eigenvalue weighted by atomic mass is 35.5. The van der Waals surface area contributed by atoms with E-state index in [0.717, 1.165) is 17.7 Å². The normalized spacial score (nSPS) is 18.1. The smallest absolute Gasteiger partial charge is 0.419 e. The molecule has 3 rings (SSSR count). The molecule has 0 N–H and O–H groups in total. The molecule has 1 aliphatic rings. The monoisotopic (exact) mass is 531 g/mol. The van der Waals surface area contributed by atoms with Crippen LogP contribution in [0.4, 0.5) is 22.4 Å². The third kappa shape index (κ3) is 6.78. The zero-order valence-electron chi connectivity index (χ0n) is 18.8. The summed E-state index contributed by atoms with van der Waals surface area (Å²) in [5.74, 6) is -1.54. The SMILES string of the molecule is CN(Cc1ccc(C(F)(F)F)c(F)c1)[C@@H]1CN(C(=O)OCCCC#N)C[C@@H]1c1ccc(Cl)c(Cl)c1. The lowest BCUT2D eigenvalue weighted by molar-refractivity contribution is -0.140. The Morgan fingerprint density at radius 3 is 2.57 bits per heavy atom. The Kier molecular flexibility index (Phi) is 8.86. The van der Waals surface area contributed by atoms with Crippen molar-refractivity contribution in [3.05, 3.63) is 69.0 Å². The lowest BCUT2D eigenvalue weighted by atomic mass is 9.93. The molecule has 1 aliphatic heterocycles. The highest BCUT2D eigenvalue weighted by molar-refractivity contribution is 6.42. The van der Waals surface area contributed by atoms with E-state index in [4.69, 9.17) is 33.2 Å². The number of hydrogen-bond acceptors (Lipinski definition) is 4. The Bertz CT molecular complexity index is 1110. The number of amides is 1. The number of halogens is 6. The molecule has 11 heteroatoms. The van der Waals surface area contributed by atoms with Gasteiger partial charge in [0.05, 0.1) is 28.3 Å². The number of rotatable bonds is 7. The van der Waals surface area contributed by atoms with Crippen molar-refractivity contribution in [2.24, 2.45) is 0 Å². The first kappa shape index (κ1) is 27.1. The van der Waals surface area contributed by atoms with Gasteiger partial charge in [0.15, 0.2) is 0 Å². The molecule has 2 aromatic carbocycles. The molecule has 1 fully saturated rings. The molecule has 0 spiro atoms. The van der Waals surface area contributed by atoms with Crippen molar-refractivity contribution in [3.63, 3.8) is 0 Å². The summed E-state index contributed by atoms with van der Waals surface area (Å²) in [7, 11) is 1.76. The van der Waals surface area contributed by atoms with Crippen LogP contribution in [-0.2, 0) is 17.5 Å². The number of ether oxygens (including phenoxy) is 1. The Morgan fingerprint density at radius 2 is 1.94 bits per heavy atom. The van der Waals surface area contributed by atoms with Crippen molar-refractivity contribution in [1.29, 1.82) is 5.26 Å². The average molecular weight is 532 g/mol. The maximum atomic E-state index is 14.1. The van der Waals surface area contributed by atoms with Gasteiger partial charge in [0, 0.05) is 38.0 Å². The van der Waals surface area contributed by atoms with Crippen molar-refractivity contribution >= 4 is 29.3 Å². The van der Waals surface area contributed by atoms with Gasteiger partial charge in [0.25, 0.3) is 0 Å². The number of carbonyl (C=O) groups excluding carboxylic acids is 1. The predicted molar refractivity (Wildman–Crippen MR) is 124 cm³/mol. The Labute approximate surface area is 210 Å². The molecular formula is C24H23Cl2F4N3O2. The molecule has 2 atom stereocenters. The van der Waals surface area contributed by atoms with Crippen molar-refractivity contribution in [3.8, 4) is 6.07 Å². The van der Waals surface area contributed by atoms with Crippen LogP contribution in [0.3, 0.4) is 0 Å². The molecule has 35 heavy (non-hydrogen) atoms. The van der Waals surface area contributed by atoms with Crippen LogP contribution < -0.4 is 0 Å². The highest BCUT2D eigenvalue weighted by Gasteiger charge is 2.39. The van der Waals surface area contributed by atoms with Gasteiger partial charge in [0.1, 0.15) is 5.82 Å². The lowest BCUT2D eigenvalue weighted by Crippen LogP contribution is -2.38.